The lowest BCUT2D eigenvalue weighted by Gasteiger charge is -2.27. The maximum Gasteiger partial charge on any atom is 0.303 e. The van der Waals surface area contributed by atoms with Crippen molar-refractivity contribution in [1.82, 2.24) is 18.4 Å². The number of alkyl halides is 1. The topological polar surface area (TPSA) is 87.0 Å². The Morgan fingerprint density at radius 2 is 2.06 bits per heavy atom. The van der Waals surface area contributed by atoms with E-state index in [-0.39, 0.29) is 11.3 Å². The van der Waals surface area contributed by atoms with Crippen LogP contribution in [0.2, 0.25) is 0 Å². The van der Waals surface area contributed by atoms with Gasteiger partial charge in [-0.2, -0.15) is 12.7 Å². The number of hydrogen-bond donors (Lipinski definition) is 1. The molecule has 8 nitrogen and oxygen atoms in total. The molecule has 0 saturated carbocycles. The van der Waals surface area contributed by atoms with Gasteiger partial charge in [0.25, 0.3) is 5.91 Å². The fourth-order valence-electron chi connectivity index (χ4n) is 3.96. The minimum absolute atomic E-state index is 0.0447. The first-order valence-electron chi connectivity index (χ1n) is 10.2. The van der Waals surface area contributed by atoms with Crippen LogP contribution in [0.3, 0.4) is 0 Å². The number of carbonyl (C=O) groups is 1. The number of nitrogens with one attached hydrogen (secondary N) is 1. The summed E-state index contributed by atoms with van der Waals surface area (Å²) < 4.78 is 69.1. The first kappa shape index (κ1) is 23.1. The van der Waals surface area contributed by atoms with Crippen LogP contribution >= 0.6 is 0 Å². The van der Waals surface area contributed by atoms with Crippen molar-refractivity contribution in [1.29, 1.82) is 0 Å². The molecule has 1 amide bonds. The molecular formula is C21H22F3N5O3S. The van der Waals surface area contributed by atoms with Crippen molar-refractivity contribution in [2.75, 3.05) is 31.7 Å². The number of anilines is 1. The molecule has 12 heteroatoms. The van der Waals surface area contributed by atoms with Crippen LogP contribution in [0.5, 0.6) is 0 Å². The van der Waals surface area contributed by atoms with Gasteiger partial charge >= 0.3 is 10.2 Å². The second-order valence-electron chi connectivity index (χ2n) is 7.72. The van der Waals surface area contributed by atoms with Crippen LogP contribution in [0.1, 0.15) is 34.9 Å². The van der Waals surface area contributed by atoms with Gasteiger partial charge in [-0.15, -0.1) is 0 Å². The van der Waals surface area contributed by atoms with E-state index in [1.165, 1.54) is 16.7 Å². The average molecular weight is 482 g/mol. The average Bonchev–Trinajstić information content (AvgIpc) is 3.42. The SMILES string of the molecule is CN(CCF)S(=O)(=O)NC(=O)c1cnc2ccc(N3CCC[C@@H]3c3cc(F)ccc3F)cn12. The highest BCUT2D eigenvalue weighted by Crippen LogP contribution is 2.37. The molecule has 0 radical (unpaired) electrons. The van der Waals surface area contributed by atoms with Gasteiger partial charge in [0.05, 0.1) is 17.9 Å². The Kier molecular flexibility index (Phi) is 6.30. The van der Waals surface area contributed by atoms with Gasteiger partial charge in [-0.3, -0.25) is 9.20 Å². The molecule has 0 bridgehead atoms. The van der Waals surface area contributed by atoms with Gasteiger partial charge in [0, 0.05) is 31.9 Å². The first-order valence-corrected chi connectivity index (χ1v) is 11.7. The van der Waals surface area contributed by atoms with Crippen LogP contribution in [0.15, 0.2) is 42.7 Å². The van der Waals surface area contributed by atoms with Crippen molar-refractivity contribution >= 4 is 27.5 Å². The summed E-state index contributed by atoms with van der Waals surface area (Å²) in [7, 11) is -3.08. The lowest BCUT2D eigenvalue weighted by molar-refractivity contribution is 0.0973. The number of aromatic nitrogens is 2. The fraction of sp³-hybridized carbons (Fsp3) is 0.333. The summed E-state index contributed by atoms with van der Waals surface area (Å²) in [5, 5.41) is 0. The van der Waals surface area contributed by atoms with Crippen LogP contribution in [0.25, 0.3) is 5.65 Å². The van der Waals surface area contributed by atoms with E-state index < -0.39 is 47.0 Å². The number of rotatable bonds is 7. The van der Waals surface area contributed by atoms with Crippen LogP contribution in [0, 0.1) is 11.6 Å². The molecule has 176 valence electrons. The van der Waals surface area contributed by atoms with Gasteiger partial charge in [-0.05, 0) is 43.2 Å². The molecule has 0 unspecified atom stereocenters. The molecule has 3 aromatic rings. The Labute approximate surface area is 188 Å². The van der Waals surface area contributed by atoms with Crippen molar-refractivity contribution in [3.63, 3.8) is 0 Å². The summed E-state index contributed by atoms with van der Waals surface area (Å²) in [6.45, 7) is -0.703. The van der Waals surface area contributed by atoms with Gasteiger partial charge in [-0.1, -0.05) is 0 Å². The smallest absolute Gasteiger partial charge is 0.303 e. The minimum Gasteiger partial charge on any atom is -0.363 e. The summed E-state index contributed by atoms with van der Waals surface area (Å²) in [5.74, 6) is -1.96. The molecule has 1 saturated heterocycles. The Balaban J connectivity index is 1.65. The monoisotopic (exact) mass is 481 g/mol. The number of amides is 1. The summed E-state index contributed by atoms with van der Waals surface area (Å²) >= 11 is 0. The highest BCUT2D eigenvalue weighted by molar-refractivity contribution is 7.87. The molecule has 33 heavy (non-hydrogen) atoms. The predicted molar refractivity (Wildman–Crippen MR) is 116 cm³/mol. The van der Waals surface area contributed by atoms with Crippen molar-refractivity contribution in [2.45, 2.75) is 18.9 Å². The second kappa shape index (κ2) is 9.02. The Morgan fingerprint density at radius 3 is 2.82 bits per heavy atom. The summed E-state index contributed by atoms with van der Waals surface area (Å²) in [5.41, 5.74) is 1.24. The number of imidazole rings is 1. The molecule has 0 aliphatic carbocycles. The molecule has 4 rings (SSSR count). The van der Waals surface area contributed by atoms with Crippen molar-refractivity contribution < 1.29 is 26.4 Å². The molecule has 1 aliphatic rings. The lowest BCUT2D eigenvalue weighted by atomic mass is 10.0. The van der Waals surface area contributed by atoms with Gasteiger partial charge in [0.1, 0.15) is 29.7 Å². The summed E-state index contributed by atoms with van der Waals surface area (Å²) in [6.07, 6.45) is 4.21. The molecule has 0 spiro atoms. The van der Waals surface area contributed by atoms with E-state index in [0.717, 1.165) is 25.6 Å². The van der Waals surface area contributed by atoms with Crippen LogP contribution < -0.4 is 9.62 Å². The third-order valence-electron chi connectivity index (χ3n) is 5.66. The third kappa shape index (κ3) is 4.53. The number of fused-ring (bicyclic) bond motifs is 1. The molecule has 2 aromatic heterocycles. The minimum atomic E-state index is -4.23. The standard InChI is InChI=1S/C21H22F3N5O3S/c1-27(10-8-22)33(31,32)26-21(30)19-12-25-20-7-5-15(13-29(19)20)28-9-2-3-18(28)16-11-14(23)4-6-17(16)24/h4-7,11-13,18H,2-3,8-10H2,1H3,(H,26,30)/t18-/m1/s1. The largest absolute Gasteiger partial charge is 0.363 e. The number of nitrogens with zero attached hydrogens (tertiary/aromatic N) is 4. The molecule has 1 aromatic carbocycles. The normalized spacial score (nSPS) is 16.6. The molecule has 1 aliphatic heterocycles. The van der Waals surface area contributed by atoms with Crippen LogP contribution in [0.4, 0.5) is 18.9 Å². The number of benzene rings is 1. The maximum atomic E-state index is 14.4. The number of carbonyl (C=O) groups excluding carboxylic acids is 1. The van der Waals surface area contributed by atoms with E-state index in [1.807, 2.05) is 9.62 Å². The number of hydrogen-bond acceptors (Lipinski definition) is 5. The third-order valence-corrected chi connectivity index (χ3v) is 7.10. The Hall–Kier alpha value is -3.12. The molecule has 1 N–H and O–H groups in total. The Morgan fingerprint density at radius 1 is 1.27 bits per heavy atom. The zero-order valence-corrected chi connectivity index (χ0v) is 18.5. The van der Waals surface area contributed by atoms with E-state index in [4.69, 9.17) is 0 Å². The molecule has 3 heterocycles. The van der Waals surface area contributed by atoms with E-state index in [1.54, 1.807) is 18.3 Å². The Bertz CT molecular complexity index is 1300. The lowest BCUT2D eigenvalue weighted by Crippen LogP contribution is -2.42. The van der Waals surface area contributed by atoms with Gasteiger partial charge < -0.3 is 4.90 Å². The highest BCUT2D eigenvalue weighted by Gasteiger charge is 2.30. The van der Waals surface area contributed by atoms with Gasteiger partial charge in [0.2, 0.25) is 0 Å². The molecule has 1 fully saturated rings. The summed E-state index contributed by atoms with van der Waals surface area (Å²) in [6, 6.07) is 6.36. The molecular weight excluding hydrogens is 459 g/mol. The maximum absolute atomic E-state index is 14.4. The van der Waals surface area contributed by atoms with Gasteiger partial charge in [0.15, 0.2) is 0 Å². The van der Waals surface area contributed by atoms with E-state index in [0.29, 0.717) is 28.6 Å². The van der Waals surface area contributed by atoms with Crippen LogP contribution in [-0.2, 0) is 10.2 Å². The van der Waals surface area contributed by atoms with Crippen molar-refractivity contribution in [3.05, 3.63) is 65.6 Å². The van der Waals surface area contributed by atoms with E-state index >= 15 is 0 Å². The van der Waals surface area contributed by atoms with Crippen molar-refractivity contribution in [3.8, 4) is 0 Å². The quantitative estimate of drug-likeness (QED) is 0.561. The molecule has 1 atom stereocenters. The predicted octanol–water partition coefficient (Wildman–Crippen LogP) is 2.83. The van der Waals surface area contributed by atoms with E-state index in [9.17, 15) is 26.4 Å². The van der Waals surface area contributed by atoms with Gasteiger partial charge in [-0.25, -0.2) is 22.9 Å². The summed E-state index contributed by atoms with van der Waals surface area (Å²) in [4.78, 5) is 18.7. The highest BCUT2D eigenvalue weighted by atomic mass is 32.2. The first-order chi connectivity index (χ1) is 15.7. The van der Waals surface area contributed by atoms with Crippen molar-refractivity contribution in [2.24, 2.45) is 0 Å². The van der Waals surface area contributed by atoms with E-state index in [2.05, 4.69) is 4.98 Å². The zero-order chi connectivity index (χ0) is 23.8. The fourth-order valence-corrected chi connectivity index (χ4v) is 4.77. The second-order valence-corrected chi connectivity index (χ2v) is 9.50. The number of halogens is 3. The number of pyridine rings is 1. The zero-order valence-electron chi connectivity index (χ0n) is 17.7. The van der Waals surface area contributed by atoms with Crippen LogP contribution in [-0.4, -0.2) is 54.8 Å².